The van der Waals surface area contributed by atoms with E-state index in [0.717, 1.165) is 34.6 Å². The van der Waals surface area contributed by atoms with Gasteiger partial charge in [0.2, 0.25) is 0 Å². The van der Waals surface area contributed by atoms with Crippen LogP contribution in [0.2, 0.25) is 0 Å². The van der Waals surface area contributed by atoms with Crippen LogP contribution in [0.3, 0.4) is 0 Å². The summed E-state index contributed by atoms with van der Waals surface area (Å²) in [7, 11) is 0. The number of anilines is 1. The molecule has 100 valence electrons. The fourth-order valence-electron chi connectivity index (χ4n) is 2.15. The van der Waals surface area contributed by atoms with Crippen LogP contribution in [0.1, 0.15) is 13.8 Å². The smallest absolute Gasteiger partial charge is 0.162 e. The van der Waals surface area contributed by atoms with Crippen LogP contribution in [0.15, 0.2) is 24.4 Å². The number of hydrogen-bond donors (Lipinski definition) is 1. The lowest BCUT2D eigenvalue weighted by atomic mass is 10.1. The van der Waals surface area contributed by atoms with Gasteiger partial charge in [-0.3, -0.25) is 0 Å². The summed E-state index contributed by atoms with van der Waals surface area (Å²) in [6.45, 7) is 6.48. The predicted octanol–water partition coefficient (Wildman–Crippen LogP) is 3.07. The molecule has 1 aliphatic rings. The minimum absolute atomic E-state index is 0.578. The average molecular weight is 258 g/mol. The Balaban J connectivity index is 2.03. The first-order chi connectivity index (χ1) is 9.24. The van der Waals surface area contributed by atoms with Gasteiger partial charge in [0.25, 0.3) is 0 Å². The second-order valence-corrected chi connectivity index (χ2v) is 5.15. The van der Waals surface area contributed by atoms with E-state index < -0.39 is 0 Å². The zero-order chi connectivity index (χ0) is 13.2. The van der Waals surface area contributed by atoms with Gasteiger partial charge in [-0.1, -0.05) is 13.8 Å². The maximum absolute atomic E-state index is 5.63. The molecular formula is C15H18N2O2. The second-order valence-electron chi connectivity index (χ2n) is 5.15. The molecule has 0 amide bonds. The van der Waals surface area contributed by atoms with Crippen LogP contribution in [0.5, 0.6) is 11.5 Å². The average Bonchev–Trinajstić information content (AvgIpc) is 2.42. The summed E-state index contributed by atoms with van der Waals surface area (Å²) < 4.78 is 11.2. The van der Waals surface area contributed by atoms with Gasteiger partial charge in [0.1, 0.15) is 19.0 Å². The third kappa shape index (κ3) is 2.43. The van der Waals surface area contributed by atoms with E-state index in [9.17, 15) is 0 Å². The Labute approximate surface area is 112 Å². The SMILES string of the molecule is CC(C)CNc1nccc2cc3c(cc12)OCCO3. The van der Waals surface area contributed by atoms with Gasteiger partial charge >= 0.3 is 0 Å². The fraction of sp³-hybridized carbons (Fsp3) is 0.400. The molecule has 1 N–H and O–H groups in total. The van der Waals surface area contributed by atoms with Gasteiger partial charge in [-0.25, -0.2) is 4.98 Å². The summed E-state index contributed by atoms with van der Waals surface area (Å²) in [5.74, 6) is 3.11. The summed E-state index contributed by atoms with van der Waals surface area (Å²) in [4.78, 5) is 4.42. The molecule has 0 aliphatic carbocycles. The quantitative estimate of drug-likeness (QED) is 0.918. The molecule has 0 bridgehead atoms. The van der Waals surface area contributed by atoms with Crippen LogP contribution in [-0.4, -0.2) is 24.7 Å². The molecule has 2 heterocycles. The molecule has 1 aromatic heterocycles. The number of hydrogen-bond acceptors (Lipinski definition) is 4. The normalized spacial score (nSPS) is 13.8. The Morgan fingerprint density at radius 1 is 1.21 bits per heavy atom. The van der Waals surface area contributed by atoms with Crippen LogP contribution < -0.4 is 14.8 Å². The Morgan fingerprint density at radius 2 is 1.95 bits per heavy atom. The van der Waals surface area contributed by atoms with E-state index in [1.54, 1.807) is 0 Å². The van der Waals surface area contributed by atoms with E-state index in [0.29, 0.717) is 19.1 Å². The van der Waals surface area contributed by atoms with Crippen LogP contribution in [0.25, 0.3) is 10.8 Å². The van der Waals surface area contributed by atoms with Gasteiger partial charge < -0.3 is 14.8 Å². The van der Waals surface area contributed by atoms with E-state index in [4.69, 9.17) is 9.47 Å². The minimum atomic E-state index is 0.578. The third-order valence-corrected chi connectivity index (χ3v) is 3.10. The topological polar surface area (TPSA) is 43.4 Å². The molecule has 0 spiro atoms. The van der Waals surface area contributed by atoms with Crippen LogP contribution >= 0.6 is 0 Å². The van der Waals surface area contributed by atoms with Crippen molar-refractivity contribution in [2.75, 3.05) is 25.1 Å². The van der Waals surface area contributed by atoms with E-state index in [2.05, 4.69) is 24.1 Å². The van der Waals surface area contributed by atoms with Gasteiger partial charge in [0, 0.05) is 18.1 Å². The first-order valence-electron chi connectivity index (χ1n) is 6.66. The van der Waals surface area contributed by atoms with Crippen molar-refractivity contribution in [1.82, 2.24) is 4.98 Å². The number of nitrogens with zero attached hydrogens (tertiary/aromatic N) is 1. The van der Waals surface area contributed by atoms with E-state index in [-0.39, 0.29) is 0 Å². The van der Waals surface area contributed by atoms with Crippen molar-refractivity contribution >= 4 is 16.6 Å². The highest BCUT2D eigenvalue weighted by Crippen LogP contribution is 2.36. The largest absolute Gasteiger partial charge is 0.486 e. The monoisotopic (exact) mass is 258 g/mol. The van der Waals surface area contributed by atoms with Crippen molar-refractivity contribution in [3.8, 4) is 11.5 Å². The summed E-state index contributed by atoms with van der Waals surface area (Å²) in [5, 5.41) is 5.58. The lowest BCUT2D eigenvalue weighted by molar-refractivity contribution is 0.172. The highest BCUT2D eigenvalue weighted by Gasteiger charge is 2.14. The molecule has 4 nitrogen and oxygen atoms in total. The van der Waals surface area contributed by atoms with Crippen molar-refractivity contribution in [2.45, 2.75) is 13.8 Å². The van der Waals surface area contributed by atoms with Crippen LogP contribution in [0.4, 0.5) is 5.82 Å². The molecule has 0 unspecified atom stereocenters. The molecule has 3 rings (SSSR count). The van der Waals surface area contributed by atoms with Crippen LogP contribution in [-0.2, 0) is 0 Å². The molecule has 0 atom stereocenters. The van der Waals surface area contributed by atoms with E-state index in [1.165, 1.54) is 0 Å². The molecule has 2 aromatic rings. The Hall–Kier alpha value is -1.97. The lowest BCUT2D eigenvalue weighted by Crippen LogP contribution is -2.15. The van der Waals surface area contributed by atoms with Crippen molar-refractivity contribution in [1.29, 1.82) is 0 Å². The zero-order valence-corrected chi connectivity index (χ0v) is 11.3. The van der Waals surface area contributed by atoms with Crippen LogP contribution in [0, 0.1) is 5.92 Å². The van der Waals surface area contributed by atoms with Gasteiger partial charge in [-0.2, -0.15) is 0 Å². The number of pyridine rings is 1. The van der Waals surface area contributed by atoms with Crippen molar-refractivity contribution in [3.05, 3.63) is 24.4 Å². The second kappa shape index (κ2) is 4.96. The van der Waals surface area contributed by atoms with Gasteiger partial charge in [0.15, 0.2) is 11.5 Å². The molecule has 1 aliphatic heterocycles. The zero-order valence-electron chi connectivity index (χ0n) is 11.3. The number of ether oxygens (including phenoxy) is 2. The first-order valence-corrected chi connectivity index (χ1v) is 6.66. The predicted molar refractivity (Wildman–Crippen MR) is 76.1 cm³/mol. The maximum atomic E-state index is 5.63. The highest BCUT2D eigenvalue weighted by atomic mass is 16.6. The molecule has 19 heavy (non-hydrogen) atoms. The Morgan fingerprint density at radius 3 is 2.68 bits per heavy atom. The number of nitrogens with one attached hydrogen (secondary N) is 1. The standard InChI is InChI=1S/C15H18N2O2/c1-10(2)9-17-15-12-8-14-13(18-5-6-19-14)7-11(12)3-4-16-15/h3-4,7-8,10H,5-6,9H2,1-2H3,(H,16,17). The summed E-state index contributed by atoms with van der Waals surface area (Å²) in [5.41, 5.74) is 0. The number of fused-ring (bicyclic) bond motifs is 2. The lowest BCUT2D eigenvalue weighted by Gasteiger charge is -2.19. The highest BCUT2D eigenvalue weighted by molar-refractivity contribution is 5.94. The molecule has 4 heteroatoms. The van der Waals surface area contributed by atoms with Gasteiger partial charge in [-0.15, -0.1) is 0 Å². The number of aromatic nitrogens is 1. The first kappa shape index (κ1) is 12.1. The van der Waals surface area contributed by atoms with E-state index in [1.807, 2.05) is 24.4 Å². The van der Waals surface area contributed by atoms with Crippen molar-refractivity contribution < 1.29 is 9.47 Å². The summed E-state index contributed by atoms with van der Waals surface area (Å²) in [6, 6.07) is 6.03. The summed E-state index contributed by atoms with van der Waals surface area (Å²) >= 11 is 0. The molecule has 0 saturated heterocycles. The van der Waals surface area contributed by atoms with Gasteiger partial charge in [-0.05, 0) is 29.5 Å². The van der Waals surface area contributed by atoms with Gasteiger partial charge in [0.05, 0.1) is 0 Å². The maximum Gasteiger partial charge on any atom is 0.162 e. The van der Waals surface area contributed by atoms with E-state index >= 15 is 0 Å². The molecular weight excluding hydrogens is 240 g/mol. The number of rotatable bonds is 3. The molecule has 0 saturated carbocycles. The van der Waals surface area contributed by atoms with Crippen molar-refractivity contribution in [2.24, 2.45) is 5.92 Å². The molecule has 0 radical (unpaired) electrons. The third-order valence-electron chi connectivity index (χ3n) is 3.10. The molecule has 0 fully saturated rings. The Bertz CT molecular complexity index is 596. The molecule has 1 aromatic carbocycles. The van der Waals surface area contributed by atoms with Crippen molar-refractivity contribution in [3.63, 3.8) is 0 Å². The fourth-order valence-corrected chi connectivity index (χ4v) is 2.15. The summed E-state index contributed by atoms with van der Waals surface area (Å²) in [6.07, 6.45) is 1.82. The Kier molecular flexibility index (Phi) is 3.15. The number of benzene rings is 1. The minimum Gasteiger partial charge on any atom is -0.486 e.